The van der Waals surface area contributed by atoms with Crippen molar-refractivity contribution in [1.29, 1.82) is 0 Å². The maximum absolute atomic E-state index is 6.08. The molecule has 0 spiro atoms. The van der Waals surface area contributed by atoms with Crippen molar-refractivity contribution in [2.45, 2.75) is 51.5 Å². The number of hydrogen-bond donors (Lipinski definition) is 0. The molecule has 4 rings (SSSR count). The molecule has 26 heavy (non-hydrogen) atoms. The van der Waals surface area contributed by atoms with Crippen molar-refractivity contribution in [3.05, 3.63) is 39.9 Å². The third kappa shape index (κ3) is 4.08. The van der Waals surface area contributed by atoms with E-state index in [1.165, 1.54) is 9.71 Å². The molecule has 138 valence electrons. The molecule has 0 saturated carbocycles. The molecule has 1 aromatic carbocycles. The van der Waals surface area contributed by atoms with Gasteiger partial charge in [0.05, 0.1) is 21.8 Å². The summed E-state index contributed by atoms with van der Waals surface area (Å²) in [4.78, 5) is 11.7. The van der Waals surface area contributed by atoms with Gasteiger partial charge in [-0.2, -0.15) is 4.98 Å². The minimum atomic E-state index is 0.535. The highest BCUT2D eigenvalue weighted by Crippen LogP contribution is 2.34. The highest BCUT2D eigenvalue weighted by molar-refractivity contribution is 7.18. The molecule has 1 aliphatic heterocycles. The van der Waals surface area contributed by atoms with Gasteiger partial charge in [-0.3, -0.25) is 4.90 Å². The summed E-state index contributed by atoms with van der Waals surface area (Å²) < 4.78 is 6.56. The van der Waals surface area contributed by atoms with Gasteiger partial charge in [0.1, 0.15) is 0 Å². The van der Waals surface area contributed by atoms with Gasteiger partial charge in [0, 0.05) is 17.4 Å². The largest absolute Gasteiger partial charge is 0.339 e. The van der Waals surface area contributed by atoms with E-state index < -0.39 is 0 Å². The number of aryl methyl sites for hydroxylation is 1. The Labute approximate surface area is 162 Å². The zero-order valence-electron chi connectivity index (χ0n) is 14.9. The van der Waals surface area contributed by atoms with Gasteiger partial charge in [0.15, 0.2) is 5.82 Å². The number of aromatic nitrogens is 3. The van der Waals surface area contributed by atoms with E-state index >= 15 is 0 Å². The van der Waals surface area contributed by atoms with Crippen LogP contribution < -0.4 is 0 Å². The van der Waals surface area contributed by atoms with Crippen molar-refractivity contribution in [2.24, 2.45) is 0 Å². The van der Waals surface area contributed by atoms with Crippen LogP contribution in [-0.4, -0.2) is 33.1 Å². The minimum absolute atomic E-state index is 0.535. The smallest absolute Gasteiger partial charge is 0.226 e. The van der Waals surface area contributed by atoms with E-state index in [-0.39, 0.29) is 0 Å². The van der Waals surface area contributed by atoms with Crippen molar-refractivity contribution in [3.63, 3.8) is 0 Å². The fraction of sp³-hybridized carbons (Fsp3) is 0.526. The molecule has 3 aromatic rings. The van der Waals surface area contributed by atoms with Crippen LogP contribution in [0.15, 0.2) is 22.7 Å². The van der Waals surface area contributed by atoms with Crippen LogP contribution in [-0.2, 0) is 13.0 Å². The van der Waals surface area contributed by atoms with Crippen molar-refractivity contribution < 1.29 is 4.52 Å². The average molecular weight is 391 g/mol. The third-order valence-electron chi connectivity index (χ3n) is 4.92. The van der Waals surface area contributed by atoms with Gasteiger partial charge in [-0.15, -0.1) is 11.3 Å². The summed E-state index contributed by atoms with van der Waals surface area (Å²) in [5.41, 5.74) is 1.02. The number of rotatable bonds is 6. The summed E-state index contributed by atoms with van der Waals surface area (Å²) >= 11 is 7.88. The van der Waals surface area contributed by atoms with Crippen molar-refractivity contribution >= 4 is 33.2 Å². The maximum Gasteiger partial charge on any atom is 0.226 e. The van der Waals surface area contributed by atoms with E-state index in [4.69, 9.17) is 21.1 Å². The van der Waals surface area contributed by atoms with Crippen LogP contribution in [0, 0.1) is 0 Å². The number of benzene rings is 1. The highest BCUT2D eigenvalue weighted by Gasteiger charge is 2.24. The van der Waals surface area contributed by atoms with Gasteiger partial charge < -0.3 is 4.52 Å². The summed E-state index contributed by atoms with van der Waals surface area (Å²) in [5.74, 6) is 2.11. The predicted octanol–water partition coefficient (Wildman–Crippen LogP) is 5.05. The molecular weight excluding hydrogens is 368 g/mol. The van der Waals surface area contributed by atoms with Crippen LogP contribution >= 0.6 is 22.9 Å². The SMILES string of the molecule is CCCCc1nc(CN2CCC(c3nc4cc(Cl)ccc4s3)CC2)no1. The molecule has 5 nitrogen and oxygen atoms in total. The highest BCUT2D eigenvalue weighted by atomic mass is 35.5. The topological polar surface area (TPSA) is 55.1 Å². The monoisotopic (exact) mass is 390 g/mol. The lowest BCUT2D eigenvalue weighted by molar-refractivity contribution is 0.198. The van der Waals surface area contributed by atoms with E-state index in [0.717, 1.165) is 74.0 Å². The fourth-order valence-electron chi connectivity index (χ4n) is 3.41. The summed E-state index contributed by atoms with van der Waals surface area (Å²) in [6.45, 7) is 5.03. The van der Waals surface area contributed by atoms with Gasteiger partial charge in [-0.1, -0.05) is 30.1 Å². The molecular formula is C19H23ClN4OS. The second-order valence-electron chi connectivity index (χ2n) is 6.92. The quantitative estimate of drug-likeness (QED) is 0.589. The lowest BCUT2D eigenvalue weighted by Gasteiger charge is -2.29. The van der Waals surface area contributed by atoms with E-state index in [1.807, 2.05) is 12.1 Å². The molecule has 0 bridgehead atoms. The van der Waals surface area contributed by atoms with Crippen LogP contribution in [0.3, 0.4) is 0 Å². The van der Waals surface area contributed by atoms with Crippen molar-refractivity contribution in [1.82, 2.24) is 20.0 Å². The van der Waals surface area contributed by atoms with Crippen LogP contribution in [0.1, 0.15) is 55.2 Å². The van der Waals surface area contributed by atoms with E-state index in [1.54, 1.807) is 11.3 Å². The van der Waals surface area contributed by atoms with E-state index in [2.05, 4.69) is 28.0 Å². The minimum Gasteiger partial charge on any atom is -0.339 e. The average Bonchev–Trinajstić information content (AvgIpc) is 3.27. The predicted molar refractivity (Wildman–Crippen MR) is 105 cm³/mol. The zero-order valence-corrected chi connectivity index (χ0v) is 16.5. The van der Waals surface area contributed by atoms with Gasteiger partial charge >= 0.3 is 0 Å². The van der Waals surface area contributed by atoms with Gasteiger partial charge in [-0.25, -0.2) is 4.98 Å². The fourth-order valence-corrected chi connectivity index (χ4v) is 4.70. The molecule has 7 heteroatoms. The lowest BCUT2D eigenvalue weighted by Crippen LogP contribution is -2.32. The van der Waals surface area contributed by atoms with Crippen LogP contribution in [0.2, 0.25) is 5.02 Å². The molecule has 2 aromatic heterocycles. The summed E-state index contributed by atoms with van der Waals surface area (Å²) in [6.07, 6.45) is 5.36. The number of thiazole rings is 1. The molecule has 1 saturated heterocycles. The second kappa shape index (κ2) is 8.03. The number of likely N-dealkylation sites (tertiary alicyclic amines) is 1. The third-order valence-corrected chi connectivity index (χ3v) is 6.36. The van der Waals surface area contributed by atoms with Crippen LogP contribution in [0.5, 0.6) is 0 Å². The number of piperidine rings is 1. The van der Waals surface area contributed by atoms with Gasteiger partial charge in [0.25, 0.3) is 0 Å². The Hall–Kier alpha value is -1.50. The first-order valence-corrected chi connectivity index (χ1v) is 10.5. The van der Waals surface area contributed by atoms with Gasteiger partial charge in [0.2, 0.25) is 5.89 Å². The Morgan fingerprint density at radius 1 is 1.27 bits per heavy atom. The molecule has 0 radical (unpaired) electrons. The summed E-state index contributed by atoms with van der Waals surface area (Å²) in [6, 6.07) is 5.97. The van der Waals surface area contributed by atoms with E-state index in [0.29, 0.717) is 5.92 Å². The Bertz CT molecular complexity index is 869. The Kier molecular flexibility index (Phi) is 5.52. The first-order chi connectivity index (χ1) is 12.7. The number of hydrogen-bond acceptors (Lipinski definition) is 6. The first kappa shape index (κ1) is 17.9. The number of fused-ring (bicyclic) bond motifs is 1. The van der Waals surface area contributed by atoms with Crippen LogP contribution in [0.4, 0.5) is 0 Å². The van der Waals surface area contributed by atoms with Crippen molar-refractivity contribution in [3.8, 4) is 0 Å². The Morgan fingerprint density at radius 3 is 2.92 bits per heavy atom. The molecule has 1 aliphatic rings. The number of halogens is 1. The molecule has 0 unspecified atom stereocenters. The molecule has 0 amide bonds. The molecule has 3 heterocycles. The normalized spacial score (nSPS) is 16.5. The first-order valence-electron chi connectivity index (χ1n) is 9.31. The van der Waals surface area contributed by atoms with Crippen LogP contribution in [0.25, 0.3) is 10.2 Å². The van der Waals surface area contributed by atoms with E-state index in [9.17, 15) is 0 Å². The Morgan fingerprint density at radius 2 is 2.12 bits per heavy atom. The number of nitrogens with zero attached hydrogens (tertiary/aromatic N) is 4. The Balaban J connectivity index is 1.33. The summed E-state index contributed by atoms with van der Waals surface area (Å²) in [5, 5.41) is 6.12. The second-order valence-corrected chi connectivity index (χ2v) is 8.42. The molecule has 0 atom stereocenters. The lowest BCUT2D eigenvalue weighted by atomic mass is 9.97. The molecule has 0 N–H and O–H groups in total. The maximum atomic E-state index is 6.08. The zero-order chi connectivity index (χ0) is 17.9. The molecule has 1 fully saturated rings. The standard InChI is InChI=1S/C19H23ClN4OS/c1-2-3-4-18-22-17(23-25-18)12-24-9-7-13(8-10-24)19-21-15-11-14(20)5-6-16(15)26-19/h5-6,11,13H,2-4,7-10,12H2,1H3. The van der Waals surface area contributed by atoms with Crippen molar-refractivity contribution in [2.75, 3.05) is 13.1 Å². The summed E-state index contributed by atoms with van der Waals surface area (Å²) in [7, 11) is 0. The number of unbranched alkanes of at least 4 members (excludes halogenated alkanes) is 1. The molecule has 0 aliphatic carbocycles. The van der Waals surface area contributed by atoms with Gasteiger partial charge in [-0.05, 0) is 50.6 Å².